The van der Waals surface area contributed by atoms with E-state index in [1.807, 2.05) is 25.7 Å². The molecule has 0 spiro atoms. The van der Waals surface area contributed by atoms with Crippen LogP contribution in [0.15, 0.2) is 48.5 Å². The molecule has 2 aromatic carbocycles. The van der Waals surface area contributed by atoms with Crippen molar-refractivity contribution in [2.45, 2.75) is 39.3 Å². The van der Waals surface area contributed by atoms with Crippen molar-refractivity contribution in [1.82, 2.24) is 15.1 Å². The number of amides is 2. The van der Waals surface area contributed by atoms with Gasteiger partial charge in [0.2, 0.25) is 11.8 Å². The van der Waals surface area contributed by atoms with Gasteiger partial charge in [0.15, 0.2) is 0 Å². The van der Waals surface area contributed by atoms with E-state index in [0.29, 0.717) is 13.1 Å². The van der Waals surface area contributed by atoms with Crippen molar-refractivity contribution in [3.8, 4) is 0 Å². The van der Waals surface area contributed by atoms with Crippen LogP contribution in [0.2, 0.25) is 0 Å². The molecule has 6 nitrogen and oxygen atoms in total. The molecular formula is C28H36ClN3O3. The van der Waals surface area contributed by atoms with E-state index < -0.39 is 11.5 Å². The molecule has 2 N–H and O–H groups in total. The average Bonchev–Trinajstić information content (AvgIpc) is 3.00. The number of rotatable bonds is 5. The van der Waals surface area contributed by atoms with E-state index in [4.69, 9.17) is 0 Å². The monoisotopic (exact) mass is 497 g/mol. The van der Waals surface area contributed by atoms with Crippen LogP contribution in [0.25, 0.3) is 12.2 Å². The third-order valence-corrected chi connectivity index (χ3v) is 6.71. The van der Waals surface area contributed by atoms with Crippen LogP contribution in [0, 0.1) is 5.41 Å². The zero-order valence-corrected chi connectivity index (χ0v) is 21.6. The van der Waals surface area contributed by atoms with Crippen molar-refractivity contribution in [2.24, 2.45) is 5.41 Å². The fourth-order valence-electron chi connectivity index (χ4n) is 4.70. The molecule has 188 valence electrons. The minimum atomic E-state index is -0.567. The lowest BCUT2D eigenvalue weighted by Gasteiger charge is -2.40. The summed E-state index contributed by atoms with van der Waals surface area (Å²) < 4.78 is 0. The number of benzene rings is 2. The molecule has 1 fully saturated rings. The van der Waals surface area contributed by atoms with Gasteiger partial charge in [-0.2, -0.15) is 0 Å². The summed E-state index contributed by atoms with van der Waals surface area (Å²) >= 11 is 0. The molecule has 0 bridgehead atoms. The number of hydrogen-bond donors (Lipinski definition) is 2. The van der Waals surface area contributed by atoms with Gasteiger partial charge in [0.25, 0.3) is 0 Å². The molecule has 4 rings (SSSR count). The van der Waals surface area contributed by atoms with Crippen molar-refractivity contribution in [3.05, 3.63) is 70.8 Å². The summed E-state index contributed by atoms with van der Waals surface area (Å²) in [5.74, 6) is -0.195. The van der Waals surface area contributed by atoms with Gasteiger partial charge in [-0.15, -0.1) is 12.4 Å². The summed E-state index contributed by atoms with van der Waals surface area (Å²) in [5, 5.41) is 12.5. The summed E-state index contributed by atoms with van der Waals surface area (Å²) in [4.78, 5) is 29.6. The third-order valence-electron chi connectivity index (χ3n) is 6.71. The number of halogens is 1. The number of aliphatic hydroxyl groups is 1. The highest BCUT2D eigenvalue weighted by molar-refractivity contribution is 5.85. The van der Waals surface area contributed by atoms with E-state index in [-0.39, 0.29) is 43.3 Å². The number of carbonyl (C=O) groups excluding carboxylic acids is 2. The molecule has 1 atom stereocenters. The first-order chi connectivity index (χ1) is 16.3. The number of piperazine rings is 1. The lowest BCUT2D eigenvalue weighted by atomic mass is 9.92. The lowest BCUT2D eigenvalue weighted by Crippen LogP contribution is -2.52. The van der Waals surface area contributed by atoms with Crippen LogP contribution in [0.4, 0.5) is 0 Å². The van der Waals surface area contributed by atoms with Crippen LogP contribution < -0.4 is 5.32 Å². The van der Waals surface area contributed by atoms with Crippen molar-refractivity contribution in [1.29, 1.82) is 0 Å². The van der Waals surface area contributed by atoms with Gasteiger partial charge < -0.3 is 15.3 Å². The minimum Gasteiger partial charge on any atom is -0.394 e. The number of hydrogen-bond acceptors (Lipinski definition) is 4. The summed E-state index contributed by atoms with van der Waals surface area (Å²) in [6.07, 6.45) is 4.49. The molecule has 2 aliphatic rings. The molecule has 1 saturated heterocycles. The third kappa shape index (κ3) is 6.13. The average molecular weight is 498 g/mol. The standard InChI is InChI=1S/C28H35N3O3.ClH/c1-28(2,3)27(34)29-22(19-32)18-25(33)30-14-16-31(17-15-30)26-23-10-6-4-8-20(23)12-13-21-9-5-7-11-24(21)26;/h4-13,22,26,32H,14-19H2,1-3H3,(H,29,34);1H. The largest absolute Gasteiger partial charge is 0.394 e. The van der Waals surface area contributed by atoms with Crippen molar-refractivity contribution >= 4 is 36.4 Å². The van der Waals surface area contributed by atoms with Gasteiger partial charge in [-0.1, -0.05) is 81.5 Å². The number of nitrogens with one attached hydrogen (secondary N) is 1. The van der Waals surface area contributed by atoms with Gasteiger partial charge in [0.05, 0.1) is 18.7 Å². The maximum atomic E-state index is 13.0. The molecular weight excluding hydrogens is 462 g/mol. The van der Waals surface area contributed by atoms with Crippen LogP contribution in [-0.2, 0) is 9.59 Å². The van der Waals surface area contributed by atoms with Gasteiger partial charge >= 0.3 is 0 Å². The van der Waals surface area contributed by atoms with E-state index in [1.54, 1.807) is 0 Å². The highest BCUT2D eigenvalue weighted by Gasteiger charge is 2.32. The highest BCUT2D eigenvalue weighted by Crippen LogP contribution is 2.37. The summed E-state index contributed by atoms with van der Waals surface area (Å²) in [6.45, 7) is 7.97. The van der Waals surface area contributed by atoms with Gasteiger partial charge in [0.1, 0.15) is 0 Å². The first-order valence-electron chi connectivity index (χ1n) is 12.1. The SMILES string of the molecule is CC(C)(C)C(=O)NC(CO)CC(=O)N1CCN(C2c3ccccc3C=Cc3ccccc32)CC1.Cl. The summed E-state index contributed by atoms with van der Waals surface area (Å²) in [5.41, 5.74) is 4.45. The van der Waals surface area contributed by atoms with Gasteiger partial charge in [-0.25, -0.2) is 0 Å². The van der Waals surface area contributed by atoms with E-state index in [0.717, 1.165) is 13.1 Å². The maximum Gasteiger partial charge on any atom is 0.225 e. The molecule has 1 unspecified atom stereocenters. The Kier molecular flexibility index (Phi) is 8.75. The Balaban J connectivity index is 0.00000342. The maximum absolute atomic E-state index is 13.0. The second-order valence-electron chi connectivity index (χ2n) is 10.2. The van der Waals surface area contributed by atoms with Crippen molar-refractivity contribution in [2.75, 3.05) is 32.8 Å². The van der Waals surface area contributed by atoms with Crippen LogP contribution in [0.5, 0.6) is 0 Å². The minimum absolute atomic E-state index is 0. The summed E-state index contributed by atoms with van der Waals surface area (Å²) in [6, 6.07) is 16.6. The number of nitrogens with zero attached hydrogens (tertiary/aromatic N) is 2. The molecule has 1 aliphatic heterocycles. The van der Waals surface area contributed by atoms with Crippen LogP contribution in [-0.4, -0.2) is 65.5 Å². The molecule has 0 radical (unpaired) electrons. The van der Waals surface area contributed by atoms with Crippen LogP contribution >= 0.6 is 12.4 Å². The predicted molar refractivity (Wildman–Crippen MR) is 142 cm³/mol. The first-order valence-corrected chi connectivity index (χ1v) is 12.1. The van der Waals surface area contributed by atoms with Crippen LogP contribution in [0.1, 0.15) is 55.5 Å². The Labute approximate surface area is 214 Å². The Hall–Kier alpha value is -2.67. The highest BCUT2D eigenvalue weighted by atomic mass is 35.5. The van der Waals surface area contributed by atoms with Crippen molar-refractivity contribution in [3.63, 3.8) is 0 Å². The van der Waals surface area contributed by atoms with Gasteiger partial charge in [-0.05, 0) is 22.3 Å². The molecule has 2 amide bonds. The molecule has 2 aromatic rings. The normalized spacial score (nSPS) is 17.0. The Morgan fingerprint density at radius 3 is 1.94 bits per heavy atom. The summed E-state index contributed by atoms with van der Waals surface area (Å²) in [7, 11) is 0. The fourth-order valence-corrected chi connectivity index (χ4v) is 4.70. The molecule has 35 heavy (non-hydrogen) atoms. The van der Waals surface area contributed by atoms with E-state index in [9.17, 15) is 14.7 Å². The molecule has 7 heteroatoms. The smallest absolute Gasteiger partial charge is 0.225 e. The Bertz CT molecular complexity index is 1020. The lowest BCUT2D eigenvalue weighted by molar-refractivity contribution is -0.135. The van der Waals surface area contributed by atoms with E-state index in [2.05, 4.69) is 70.9 Å². The molecule has 0 saturated carbocycles. The topological polar surface area (TPSA) is 72.9 Å². The fraction of sp³-hybridized carbons (Fsp3) is 0.429. The molecule has 0 aromatic heterocycles. The zero-order chi connectivity index (χ0) is 24.3. The van der Waals surface area contributed by atoms with Crippen molar-refractivity contribution < 1.29 is 14.7 Å². The number of carbonyl (C=O) groups is 2. The van der Waals surface area contributed by atoms with Gasteiger partial charge in [0, 0.05) is 38.0 Å². The molecule has 1 aliphatic carbocycles. The first kappa shape index (κ1) is 26.9. The van der Waals surface area contributed by atoms with E-state index >= 15 is 0 Å². The van der Waals surface area contributed by atoms with E-state index in [1.165, 1.54) is 22.3 Å². The Morgan fingerprint density at radius 2 is 1.46 bits per heavy atom. The quantitative estimate of drug-likeness (QED) is 0.660. The second kappa shape index (κ2) is 11.4. The number of aliphatic hydroxyl groups excluding tert-OH is 1. The zero-order valence-electron chi connectivity index (χ0n) is 20.7. The van der Waals surface area contributed by atoms with Crippen LogP contribution in [0.3, 0.4) is 0 Å². The second-order valence-corrected chi connectivity index (χ2v) is 10.2. The van der Waals surface area contributed by atoms with Gasteiger partial charge in [-0.3, -0.25) is 14.5 Å². The predicted octanol–water partition coefficient (Wildman–Crippen LogP) is 3.74. The molecule has 1 heterocycles. The Morgan fingerprint density at radius 1 is 0.943 bits per heavy atom. The number of fused-ring (bicyclic) bond motifs is 2.